The molecule has 30 heavy (non-hydrogen) atoms. The standard InChI is InChI=1S/C23H25F3N4/c1-4-6-17-9-13-19(14-10-17)30(3)22-27-15-20(23(24,25)26)21(29-22)28-18-11-7-16(5-2)8-12-18/h7-15H,4-6H2,1-3H3,(H,27,28,29). The Labute approximate surface area is 174 Å². The molecule has 0 unspecified atom stereocenters. The van der Waals surface area contributed by atoms with Crippen molar-refractivity contribution in [1.29, 1.82) is 0 Å². The Balaban J connectivity index is 1.92. The van der Waals surface area contributed by atoms with Gasteiger partial charge in [-0.05, 0) is 48.2 Å². The Bertz CT molecular complexity index is 967. The number of alkyl halides is 3. The number of nitrogens with zero attached hydrogens (tertiary/aromatic N) is 3. The number of aryl methyl sites for hydroxylation is 2. The molecule has 1 heterocycles. The Hall–Kier alpha value is -3.09. The smallest absolute Gasteiger partial charge is 0.340 e. The lowest BCUT2D eigenvalue weighted by atomic mass is 10.1. The Morgan fingerprint density at radius 1 is 0.933 bits per heavy atom. The topological polar surface area (TPSA) is 41.1 Å². The molecule has 2 aromatic carbocycles. The average molecular weight is 414 g/mol. The summed E-state index contributed by atoms with van der Waals surface area (Å²) >= 11 is 0. The molecule has 0 saturated carbocycles. The Morgan fingerprint density at radius 2 is 1.57 bits per heavy atom. The predicted octanol–water partition coefficient (Wildman–Crippen LogP) is 6.52. The van der Waals surface area contributed by atoms with Crippen molar-refractivity contribution in [2.75, 3.05) is 17.3 Å². The van der Waals surface area contributed by atoms with Gasteiger partial charge in [0.05, 0.1) is 0 Å². The van der Waals surface area contributed by atoms with Gasteiger partial charge < -0.3 is 10.2 Å². The van der Waals surface area contributed by atoms with Crippen molar-refractivity contribution in [3.05, 3.63) is 71.4 Å². The van der Waals surface area contributed by atoms with Crippen LogP contribution in [-0.2, 0) is 19.0 Å². The zero-order chi connectivity index (χ0) is 21.7. The number of nitrogens with one attached hydrogen (secondary N) is 1. The normalized spacial score (nSPS) is 11.4. The maximum absolute atomic E-state index is 13.5. The third-order valence-electron chi connectivity index (χ3n) is 4.87. The fourth-order valence-electron chi connectivity index (χ4n) is 3.09. The number of rotatable bonds is 7. The second kappa shape index (κ2) is 9.15. The lowest BCUT2D eigenvalue weighted by molar-refractivity contribution is -0.137. The summed E-state index contributed by atoms with van der Waals surface area (Å²) in [6.45, 7) is 4.13. The largest absolute Gasteiger partial charge is 0.421 e. The molecule has 1 aromatic heterocycles. The first-order valence-corrected chi connectivity index (χ1v) is 9.94. The van der Waals surface area contributed by atoms with Gasteiger partial charge in [0.2, 0.25) is 5.95 Å². The van der Waals surface area contributed by atoms with Crippen LogP contribution in [0.2, 0.25) is 0 Å². The van der Waals surface area contributed by atoms with E-state index in [-0.39, 0.29) is 11.8 Å². The first kappa shape index (κ1) is 21.6. The first-order chi connectivity index (χ1) is 14.3. The Kier molecular flexibility index (Phi) is 6.59. The summed E-state index contributed by atoms with van der Waals surface area (Å²) in [5.41, 5.74) is 2.74. The van der Waals surface area contributed by atoms with Crippen molar-refractivity contribution < 1.29 is 13.2 Å². The highest BCUT2D eigenvalue weighted by Gasteiger charge is 2.35. The van der Waals surface area contributed by atoms with Crippen LogP contribution in [0.25, 0.3) is 0 Å². The molecule has 0 fully saturated rings. The molecular weight excluding hydrogens is 389 g/mol. The maximum Gasteiger partial charge on any atom is 0.421 e. The van der Waals surface area contributed by atoms with Crippen molar-refractivity contribution in [2.24, 2.45) is 0 Å². The minimum Gasteiger partial charge on any atom is -0.340 e. The van der Waals surface area contributed by atoms with Crippen LogP contribution >= 0.6 is 0 Å². The van der Waals surface area contributed by atoms with Crippen molar-refractivity contribution in [3.63, 3.8) is 0 Å². The first-order valence-electron chi connectivity index (χ1n) is 9.94. The molecule has 0 spiro atoms. The zero-order valence-electron chi connectivity index (χ0n) is 17.3. The van der Waals surface area contributed by atoms with E-state index in [4.69, 9.17) is 0 Å². The number of anilines is 4. The summed E-state index contributed by atoms with van der Waals surface area (Å²) in [6.07, 6.45) is -0.859. The number of hydrogen-bond acceptors (Lipinski definition) is 4. The highest BCUT2D eigenvalue weighted by Crippen LogP contribution is 2.36. The van der Waals surface area contributed by atoms with E-state index in [2.05, 4.69) is 22.2 Å². The summed E-state index contributed by atoms with van der Waals surface area (Å²) < 4.78 is 40.5. The molecule has 0 aliphatic heterocycles. The van der Waals surface area contributed by atoms with Gasteiger partial charge in [0.1, 0.15) is 11.4 Å². The van der Waals surface area contributed by atoms with Gasteiger partial charge in [-0.15, -0.1) is 0 Å². The third kappa shape index (κ3) is 5.09. The summed E-state index contributed by atoms with van der Waals surface area (Å²) in [5.74, 6) is -0.0925. The molecule has 1 N–H and O–H groups in total. The number of halogens is 3. The van der Waals surface area contributed by atoms with Gasteiger partial charge in [0.15, 0.2) is 0 Å². The highest BCUT2D eigenvalue weighted by molar-refractivity contribution is 5.64. The SMILES string of the molecule is CCCc1ccc(N(C)c2ncc(C(F)(F)F)c(Nc3ccc(CC)cc3)n2)cc1. The second-order valence-electron chi connectivity index (χ2n) is 7.08. The van der Waals surface area contributed by atoms with Gasteiger partial charge in [-0.25, -0.2) is 4.98 Å². The van der Waals surface area contributed by atoms with Crippen LogP contribution in [0.5, 0.6) is 0 Å². The molecule has 0 saturated heterocycles. The van der Waals surface area contributed by atoms with Gasteiger partial charge in [-0.1, -0.05) is 44.5 Å². The van der Waals surface area contributed by atoms with Crippen LogP contribution in [0.15, 0.2) is 54.7 Å². The monoisotopic (exact) mass is 414 g/mol. The minimum absolute atomic E-state index is 0.180. The zero-order valence-corrected chi connectivity index (χ0v) is 17.3. The Morgan fingerprint density at radius 3 is 2.13 bits per heavy atom. The molecule has 0 bridgehead atoms. The van der Waals surface area contributed by atoms with E-state index in [1.54, 1.807) is 24.1 Å². The molecule has 0 aliphatic rings. The average Bonchev–Trinajstić information content (AvgIpc) is 2.74. The van der Waals surface area contributed by atoms with E-state index in [0.29, 0.717) is 5.69 Å². The van der Waals surface area contributed by atoms with E-state index in [1.807, 2.05) is 43.3 Å². The minimum atomic E-state index is -4.56. The number of aromatic nitrogens is 2. The van der Waals surface area contributed by atoms with Crippen LogP contribution in [-0.4, -0.2) is 17.0 Å². The maximum atomic E-state index is 13.5. The van der Waals surface area contributed by atoms with Crippen molar-refractivity contribution >= 4 is 23.1 Å². The lowest BCUT2D eigenvalue weighted by Crippen LogP contribution is -2.17. The van der Waals surface area contributed by atoms with Crippen LogP contribution in [0, 0.1) is 0 Å². The molecule has 158 valence electrons. The second-order valence-corrected chi connectivity index (χ2v) is 7.08. The van der Waals surface area contributed by atoms with Crippen LogP contribution in [0.3, 0.4) is 0 Å². The fourth-order valence-corrected chi connectivity index (χ4v) is 3.09. The number of benzene rings is 2. The van der Waals surface area contributed by atoms with Crippen LogP contribution < -0.4 is 10.2 Å². The summed E-state index contributed by atoms with van der Waals surface area (Å²) in [5, 5.41) is 2.81. The highest BCUT2D eigenvalue weighted by atomic mass is 19.4. The van der Waals surface area contributed by atoms with Crippen LogP contribution in [0.1, 0.15) is 37.0 Å². The molecule has 3 rings (SSSR count). The summed E-state index contributed by atoms with van der Waals surface area (Å²) in [7, 11) is 1.73. The van der Waals surface area contributed by atoms with Gasteiger partial charge in [0.25, 0.3) is 0 Å². The molecule has 7 heteroatoms. The van der Waals surface area contributed by atoms with E-state index in [0.717, 1.165) is 36.7 Å². The van der Waals surface area contributed by atoms with E-state index in [9.17, 15) is 13.2 Å². The van der Waals surface area contributed by atoms with Gasteiger partial charge in [-0.2, -0.15) is 18.2 Å². The predicted molar refractivity (Wildman–Crippen MR) is 115 cm³/mol. The van der Waals surface area contributed by atoms with Crippen LogP contribution in [0.4, 0.5) is 36.3 Å². The molecule has 0 radical (unpaired) electrons. The molecule has 0 aliphatic carbocycles. The third-order valence-corrected chi connectivity index (χ3v) is 4.87. The van der Waals surface area contributed by atoms with Crippen molar-refractivity contribution in [1.82, 2.24) is 9.97 Å². The van der Waals surface area contributed by atoms with Gasteiger partial charge in [0, 0.05) is 24.6 Å². The lowest BCUT2D eigenvalue weighted by Gasteiger charge is -2.20. The number of hydrogen-bond donors (Lipinski definition) is 1. The molecule has 0 amide bonds. The summed E-state index contributed by atoms with van der Waals surface area (Å²) in [4.78, 5) is 9.83. The quantitative estimate of drug-likeness (QED) is 0.478. The molecule has 0 atom stereocenters. The van der Waals surface area contributed by atoms with Crippen molar-refractivity contribution in [3.8, 4) is 0 Å². The molecule has 4 nitrogen and oxygen atoms in total. The van der Waals surface area contributed by atoms with E-state index >= 15 is 0 Å². The molecular formula is C23H25F3N4. The van der Waals surface area contributed by atoms with Gasteiger partial charge in [-0.3, -0.25) is 0 Å². The van der Waals surface area contributed by atoms with E-state index < -0.39 is 11.7 Å². The van der Waals surface area contributed by atoms with Crippen molar-refractivity contribution in [2.45, 2.75) is 39.3 Å². The molecule has 3 aromatic rings. The van der Waals surface area contributed by atoms with E-state index in [1.165, 1.54) is 5.56 Å². The summed E-state index contributed by atoms with van der Waals surface area (Å²) in [6, 6.07) is 15.1. The fraction of sp³-hybridized carbons (Fsp3) is 0.304. The van der Waals surface area contributed by atoms with Gasteiger partial charge >= 0.3 is 6.18 Å².